The molecule has 1 aromatic heterocycles. The predicted octanol–water partition coefficient (Wildman–Crippen LogP) is 0.795. The minimum Gasteiger partial charge on any atom is -0.714 e. The van der Waals surface area contributed by atoms with Crippen LogP contribution in [0, 0.1) is 10.4 Å². The van der Waals surface area contributed by atoms with Crippen LogP contribution in [0.2, 0.25) is 0 Å². The second-order valence-electron chi connectivity index (χ2n) is 5.48. The summed E-state index contributed by atoms with van der Waals surface area (Å²) in [6.07, 6.45) is 2.53. The van der Waals surface area contributed by atoms with Gasteiger partial charge < -0.3 is 10.4 Å². The fourth-order valence-corrected chi connectivity index (χ4v) is 1.91. The van der Waals surface area contributed by atoms with E-state index in [4.69, 9.17) is 0 Å². The SMILES string of the molecule is CC1(C)N([O])C(c2cc[n+]([O-])cc2)=[N+]([O-])C1(C)C. The van der Waals surface area contributed by atoms with Gasteiger partial charge in [-0.3, -0.25) is 4.74 Å². The third-order valence-corrected chi connectivity index (χ3v) is 3.96. The van der Waals surface area contributed by atoms with Crippen LogP contribution in [0.1, 0.15) is 33.3 Å². The average molecular weight is 250 g/mol. The maximum atomic E-state index is 12.3. The smallest absolute Gasteiger partial charge is 0.317 e. The van der Waals surface area contributed by atoms with Crippen molar-refractivity contribution >= 4 is 5.84 Å². The quantitative estimate of drug-likeness (QED) is 0.546. The molecule has 6 heteroatoms. The Morgan fingerprint density at radius 2 is 1.61 bits per heavy atom. The molecule has 0 N–H and O–H groups in total. The van der Waals surface area contributed by atoms with Crippen molar-refractivity contribution in [2.45, 2.75) is 38.8 Å². The molecule has 0 saturated heterocycles. The Labute approximate surface area is 106 Å². The van der Waals surface area contributed by atoms with Crippen molar-refractivity contribution in [2.24, 2.45) is 0 Å². The molecule has 18 heavy (non-hydrogen) atoms. The van der Waals surface area contributed by atoms with Gasteiger partial charge in [-0.1, -0.05) is 5.06 Å². The van der Waals surface area contributed by atoms with Gasteiger partial charge in [0.25, 0.3) is 0 Å². The third-order valence-electron chi connectivity index (χ3n) is 3.96. The zero-order valence-corrected chi connectivity index (χ0v) is 10.9. The first-order chi connectivity index (χ1) is 8.19. The molecule has 2 rings (SSSR count). The minimum absolute atomic E-state index is 0.0469. The highest BCUT2D eigenvalue weighted by Crippen LogP contribution is 2.37. The lowest BCUT2D eigenvalue weighted by atomic mass is 9.84. The molecule has 6 nitrogen and oxygen atoms in total. The Morgan fingerprint density at radius 1 is 1.11 bits per heavy atom. The van der Waals surface area contributed by atoms with E-state index in [1.54, 1.807) is 27.7 Å². The molecular formula is C12H16N3O3. The number of rotatable bonds is 1. The molecule has 97 valence electrons. The Kier molecular flexibility index (Phi) is 2.52. The standard InChI is InChI=1S/C12H16N3O3/c1-11(2)12(3,4)15(18)10(14(11)17)9-5-7-13(16)8-6-9/h5-8H,1-4H3. The molecule has 0 bridgehead atoms. The van der Waals surface area contributed by atoms with Gasteiger partial charge in [0.1, 0.15) is 5.54 Å². The molecule has 0 fully saturated rings. The van der Waals surface area contributed by atoms with Crippen LogP contribution in [-0.4, -0.2) is 26.7 Å². The molecule has 1 radical (unpaired) electrons. The fourth-order valence-electron chi connectivity index (χ4n) is 1.91. The number of hydrogen-bond donors (Lipinski definition) is 0. The molecule has 0 atom stereocenters. The number of aromatic nitrogens is 1. The van der Waals surface area contributed by atoms with Crippen LogP contribution in [0.5, 0.6) is 0 Å². The summed E-state index contributed by atoms with van der Waals surface area (Å²) in [6.45, 7) is 6.92. The minimum atomic E-state index is -0.840. The molecular weight excluding hydrogens is 234 g/mol. The van der Waals surface area contributed by atoms with Gasteiger partial charge in [-0.05, 0) is 27.7 Å². The Balaban J connectivity index is 2.57. The monoisotopic (exact) mass is 250 g/mol. The second-order valence-corrected chi connectivity index (χ2v) is 5.48. The third kappa shape index (κ3) is 1.45. The largest absolute Gasteiger partial charge is 0.714 e. The number of amidine groups is 1. The molecule has 1 aromatic rings. The van der Waals surface area contributed by atoms with Crippen LogP contribution in [0.3, 0.4) is 0 Å². The van der Waals surface area contributed by atoms with Gasteiger partial charge >= 0.3 is 5.84 Å². The topological polar surface area (TPSA) is 76.1 Å². The number of pyridine rings is 1. The second kappa shape index (κ2) is 3.58. The molecule has 0 saturated carbocycles. The Hall–Kier alpha value is -1.82. The highest BCUT2D eigenvalue weighted by atomic mass is 16.5. The van der Waals surface area contributed by atoms with E-state index in [9.17, 15) is 15.6 Å². The zero-order chi connectivity index (χ0) is 13.7. The highest BCUT2D eigenvalue weighted by Gasteiger charge is 2.59. The van der Waals surface area contributed by atoms with E-state index in [0.717, 1.165) is 9.80 Å². The summed E-state index contributed by atoms with van der Waals surface area (Å²) in [4.78, 5) is 0. The maximum absolute atomic E-state index is 12.3. The lowest BCUT2D eigenvalue weighted by Gasteiger charge is -2.32. The van der Waals surface area contributed by atoms with Crippen LogP contribution < -0.4 is 4.73 Å². The molecule has 0 unspecified atom stereocenters. The molecule has 0 aromatic carbocycles. The average Bonchev–Trinajstić information content (AvgIpc) is 2.41. The van der Waals surface area contributed by atoms with E-state index in [0.29, 0.717) is 10.3 Å². The van der Waals surface area contributed by atoms with E-state index < -0.39 is 11.1 Å². The van der Waals surface area contributed by atoms with Gasteiger partial charge in [-0.25, -0.2) is 0 Å². The van der Waals surface area contributed by atoms with Gasteiger partial charge in [-0.2, -0.15) is 4.73 Å². The summed E-state index contributed by atoms with van der Waals surface area (Å²) in [5.74, 6) is 0.0469. The predicted molar refractivity (Wildman–Crippen MR) is 63.8 cm³/mol. The van der Waals surface area contributed by atoms with Gasteiger partial charge in [0.2, 0.25) is 0 Å². The summed E-state index contributed by atoms with van der Waals surface area (Å²) in [6, 6.07) is 2.94. The first kappa shape index (κ1) is 12.6. The first-order valence-corrected chi connectivity index (χ1v) is 5.70. The van der Waals surface area contributed by atoms with Crippen molar-refractivity contribution in [3.05, 3.63) is 40.5 Å². The summed E-state index contributed by atoms with van der Waals surface area (Å²) in [5, 5.41) is 36.3. The Bertz CT molecular complexity index is 506. The molecule has 1 aliphatic heterocycles. The van der Waals surface area contributed by atoms with Crippen molar-refractivity contribution in [1.29, 1.82) is 0 Å². The van der Waals surface area contributed by atoms with Gasteiger partial charge in [0.05, 0.1) is 5.56 Å². The summed E-state index contributed by atoms with van der Waals surface area (Å²) < 4.78 is 1.34. The maximum Gasteiger partial charge on any atom is 0.317 e. The van der Waals surface area contributed by atoms with Crippen molar-refractivity contribution in [3.63, 3.8) is 0 Å². The van der Waals surface area contributed by atoms with Gasteiger partial charge in [0.15, 0.2) is 17.9 Å². The molecule has 0 aliphatic carbocycles. The van der Waals surface area contributed by atoms with Crippen LogP contribution in [-0.2, 0) is 5.21 Å². The molecule has 0 amide bonds. The van der Waals surface area contributed by atoms with E-state index in [1.165, 1.54) is 24.5 Å². The van der Waals surface area contributed by atoms with Crippen LogP contribution in [0.25, 0.3) is 0 Å². The zero-order valence-electron chi connectivity index (χ0n) is 10.9. The number of hydrogen-bond acceptors (Lipinski definition) is 3. The highest BCUT2D eigenvalue weighted by molar-refractivity contribution is 5.95. The molecule has 1 aliphatic rings. The molecule has 0 spiro atoms. The fraction of sp³-hybridized carbons (Fsp3) is 0.500. The normalized spacial score (nSPS) is 21.5. The summed E-state index contributed by atoms with van der Waals surface area (Å²) in [5.41, 5.74) is -1.23. The lowest BCUT2D eigenvalue weighted by Crippen LogP contribution is -2.53. The first-order valence-electron chi connectivity index (χ1n) is 5.70. The summed E-state index contributed by atoms with van der Waals surface area (Å²) in [7, 11) is 0. The van der Waals surface area contributed by atoms with E-state index in [1.807, 2.05) is 0 Å². The molecule has 2 heterocycles. The van der Waals surface area contributed by atoms with Crippen molar-refractivity contribution in [3.8, 4) is 0 Å². The van der Waals surface area contributed by atoms with Crippen molar-refractivity contribution in [1.82, 2.24) is 5.06 Å². The van der Waals surface area contributed by atoms with E-state index in [2.05, 4.69) is 0 Å². The van der Waals surface area contributed by atoms with Gasteiger partial charge in [0, 0.05) is 17.3 Å². The lowest BCUT2D eigenvalue weighted by molar-refractivity contribution is -0.605. The number of hydroxylamine groups is 3. The van der Waals surface area contributed by atoms with E-state index in [-0.39, 0.29) is 5.84 Å². The Morgan fingerprint density at radius 3 is 2.00 bits per heavy atom. The van der Waals surface area contributed by atoms with Crippen LogP contribution in [0.4, 0.5) is 0 Å². The van der Waals surface area contributed by atoms with Crippen molar-refractivity contribution < 1.29 is 14.7 Å². The van der Waals surface area contributed by atoms with Crippen molar-refractivity contribution in [2.75, 3.05) is 0 Å². The summed E-state index contributed by atoms with van der Waals surface area (Å²) >= 11 is 0. The van der Waals surface area contributed by atoms with Gasteiger partial charge in [-0.15, -0.1) is 0 Å². The van der Waals surface area contributed by atoms with Crippen LogP contribution in [0.15, 0.2) is 24.5 Å². The van der Waals surface area contributed by atoms with E-state index >= 15 is 0 Å². The number of nitrogens with zero attached hydrogens (tertiary/aromatic N) is 3. The van der Waals surface area contributed by atoms with Crippen LogP contribution >= 0.6 is 0 Å².